The molecule has 1 aromatic carbocycles. The van der Waals surface area contributed by atoms with E-state index < -0.39 is 37.3 Å². The van der Waals surface area contributed by atoms with E-state index in [0.29, 0.717) is 24.3 Å². The third-order valence-electron chi connectivity index (χ3n) is 4.57. The van der Waals surface area contributed by atoms with Crippen LogP contribution in [0.3, 0.4) is 0 Å². The van der Waals surface area contributed by atoms with E-state index in [2.05, 4.69) is 0 Å². The molecule has 9 heteroatoms. The van der Waals surface area contributed by atoms with E-state index in [1.807, 2.05) is 0 Å². The number of hydrogen-bond donors (Lipinski definition) is 5. The standard InChI is InChI=1S/C18H28O9/c1-24-13-6-11(4-3-5-19)7-14(25-2)16(13)26-17-15(23)12(22)8-18(9-20,10-21)27-17/h6-7,12,15,17,19-23H,3-5,8-10H2,1-2H3. The number of hydrogen-bond acceptors (Lipinski definition) is 9. The second-order valence-corrected chi connectivity index (χ2v) is 6.52. The smallest absolute Gasteiger partial charge is 0.229 e. The molecule has 0 radical (unpaired) electrons. The van der Waals surface area contributed by atoms with Crippen LogP contribution < -0.4 is 14.2 Å². The molecule has 3 unspecified atom stereocenters. The zero-order valence-electron chi connectivity index (χ0n) is 15.5. The highest BCUT2D eigenvalue weighted by atomic mass is 16.7. The SMILES string of the molecule is COc1cc(CCCO)cc(OC)c1OC1OC(CO)(CO)CC(O)C1O. The van der Waals surface area contributed by atoms with Crippen LogP contribution in [-0.2, 0) is 11.2 Å². The van der Waals surface area contributed by atoms with Crippen molar-refractivity contribution in [3.05, 3.63) is 17.7 Å². The Bertz CT molecular complexity index is 577. The predicted molar refractivity (Wildman–Crippen MR) is 94.0 cm³/mol. The summed E-state index contributed by atoms with van der Waals surface area (Å²) in [6.07, 6.45) is -3.00. The monoisotopic (exact) mass is 388 g/mol. The number of rotatable bonds is 9. The number of methoxy groups -OCH3 is 2. The van der Waals surface area contributed by atoms with Crippen LogP contribution in [0.15, 0.2) is 12.1 Å². The van der Waals surface area contributed by atoms with Crippen molar-refractivity contribution in [2.24, 2.45) is 0 Å². The van der Waals surface area contributed by atoms with E-state index in [4.69, 9.17) is 24.1 Å². The molecule has 1 heterocycles. The minimum absolute atomic E-state index is 0.0489. The van der Waals surface area contributed by atoms with Crippen LogP contribution in [0.2, 0.25) is 0 Å². The van der Waals surface area contributed by atoms with Gasteiger partial charge in [0.05, 0.1) is 33.5 Å². The summed E-state index contributed by atoms with van der Waals surface area (Å²) < 4.78 is 22.0. The summed E-state index contributed by atoms with van der Waals surface area (Å²) in [5.41, 5.74) is -0.583. The van der Waals surface area contributed by atoms with Crippen molar-refractivity contribution < 1.29 is 44.5 Å². The minimum Gasteiger partial charge on any atom is -0.493 e. The van der Waals surface area contributed by atoms with E-state index in [0.717, 1.165) is 5.56 Å². The molecule has 1 saturated heterocycles. The first-order valence-corrected chi connectivity index (χ1v) is 8.71. The molecule has 1 aromatic rings. The van der Waals surface area contributed by atoms with E-state index >= 15 is 0 Å². The largest absolute Gasteiger partial charge is 0.493 e. The van der Waals surface area contributed by atoms with E-state index in [1.54, 1.807) is 12.1 Å². The summed E-state index contributed by atoms with van der Waals surface area (Å²) in [4.78, 5) is 0. The number of benzene rings is 1. The van der Waals surface area contributed by atoms with Crippen molar-refractivity contribution in [1.29, 1.82) is 0 Å². The predicted octanol–water partition coefficient (Wildman–Crippen LogP) is -0.801. The van der Waals surface area contributed by atoms with Gasteiger partial charge in [-0.15, -0.1) is 0 Å². The first-order chi connectivity index (χ1) is 12.9. The Kier molecular flexibility index (Phi) is 7.66. The second kappa shape index (κ2) is 9.54. The molecule has 1 fully saturated rings. The van der Waals surface area contributed by atoms with Crippen LogP contribution in [0.25, 0.3) is 0 Å². The number of aryl methyl sites for hydroxylation is 1. The van der Waals surface area contributed by atoms with Gasteiger partial charge in [-0.1, -0.05) is 0 Å². The van der Waals surface area contributed by atoms with Crippen LogP contribution in [0.5, 0.6) is 17.2 Å². The van der Waals surface area contributed by atoms with E-state index in [1.165, 1.54) is 14.2 Å². The summed E-state index contributed by atoms with van der Waals surface area (Å²) in [6.45, 7) is -1.06. The van der Waals surface area contributed by atoms with Gasteiger partial charge in [0, 0.05) is 13.0 Å². The molecule has 1 aliphatic rings. The van der Waals surface area contributed by atoms with Gasteiger partial charge in [-0.3, -0.25) is 0 Å². The van der Waals surface area contributed by atoms with Crippen LogP contribution in [0, 0.1) is 0 Å². The molecule has 0 amide bonds. The Morgan fingerprint density at radius 1 is 1.07 bits per heavy atom. The van der Waals surface area contributed by atoms with Crippen molar-refractivity contribution >= 4 is 0 Å². The molecule has 0 bridgehead atoms. The van der Waals surface area contributed by atoms with Crippen molar-refractivity contribution in [1.82, 2.24) is 0 Å². The van der Waals surface area contributed by atoms with Crippen LogP contribution in [-0.4, -0.2) is 83.7 Å². The lowest BCUT2D eigenvalue weighted by atomic mass is 9.91. The Morgan fingerprint density at radius 3 is 2.15 bits per heavy atom. The Balaban J connectivity index is 2.33. The lowest BCUT2D eigenvalue weighted by Gasteiger charge is -2.43. The Labute approximate surface area is 157 Å². The molecule has 3 atom stereocenters. The molecule has 5 N–H and O–H groups in total. The zero-order chi connectivity index (χ0) is 20.0. The van der Waals surface area contributed by atoms with Gasteiger partial charge in [-0.25, -0.2) is 0 Å². The maximum absolute atomic E-state index is 10.2. The molecule has 1 aliphatic heterocycles. The summed E-state index contributed by atoms with van der Waals surface area (Å²) in [6, 6.07) is 3.43. The molecular weight excluding hydrogens is 360 g/mol. The van der Waals surface area contributed by atoms with Gasteiger partial charge in [-0.2, -0.15) is 0 Å². The van der Waals surface area contributed by atoms with Gasteiger partial charge in [0.2, 0.25) is 12.0 Å². The average molecular weight is 388 g/mol. The van der Waals surface area contributed by atoms with Gasteiger partial charge in [-0.05, 0) is 30.5 Å². The Hall–Kier alpha value is -1.62. The average Bonchev–Trinajstić information content (AvgIpc) is 2.69. The fraction of sp³-hybridized carbons (Fsp3) is 0.667. The topological polar surface area (TPSA) is 138 Å². The fourth-order valence-corrected chi connectivity index (χ4v) is 2.99. The van der Waals surface area contributed by atoms with Crippen molar-refractivity contribution in [3.8, 4) is 17.2 Å². The second-order valence-electron chi connectivity index (χ2n) is 6.52. The highest BCUT2D eigenvalue weighted by Gasteiger charge is 2.47. The molecule has 0 spiro atoms. The number of aliphatic hydroxyl groups is 5. The van der Waals surface area contributed by atoms with Gasteiger partial charge in [0.15, 0.2) is 11.5 Å². The summed E-state index contributed by atoms with van der Waals surface area (Å²) in [5.74, 6) is 0.782. The molecule has 0 aromatic heterocycles. The quantitative estimate of drug-likeness (QED) is 0.368. The lowest BCUT2D eigenvalue weighted by molar-refractivity contribution is -0.288. The summed E-state index contributed by atoms with van der Waals surface area (Å²) in [7, 11) is 2.88. The van der Waals surface area contributed by atoms with E-state index in [9.17, 15) is 20.4 Å². The highest BCUT2D eigenvalue weighted by molar-refractivity contribution is 5.54. The molecule has 0 aliphatic carbocycles. The van der Waals surface area contributed by atoms with Crippen LogP contribution >= 0.6 is 0 Å². The van der Waals surface area contributed by atoms with Gasteiger partial charge in [0.25, 0.3) is 0 Å². The maximum atomic E-state index is 10.2. The molecule has 9 nitrogen and oxygen atoms in total. The van der Waals surface area contributed by atoms with Crippen LogP contribution in [0.4, 0.5) is 0 Å². The van der Waals surface area contributed by atoms with Crippen molar-refractivity contribution in [2.45, 2.75) is 43.4 Å². The third kappa shape index (κ3) is 4.81. The third-order valence-corrected chi connectivity index (χ3v) is 4.57. The first-order valence-electron chi connectivity index (χ1n) is 8.71. The highest BCUT2D eigenvalue weighted by Crippen LogP contribution is 2.41. The maximum Gasteiger partial charge on any atom is 0.229 e. The summed E-state index contributed by atoms with van der Waals surface area (Å²) >= 11 is 0. The van der Waals surface area contributed by atoms with E-state index in [-0.39, 0.29) is 18.8 Å². The molecule has 154 valence electrons. The molecule has 2 rings (SSSR count). The number of ether oxygens (including phenoxy) is 4. The van der Waals surface area contributed by atoms with Crippen molar-refractivity contribution in [2.75, 3.05) is 34.0 Å². The van der Waals surface area contributed by atoms with Crippen molar-refractivity contribution in [3.63, 3.8) is 0 Å². The molecule has 0 saturated carbocycles. The zero-order valence-corrected chi connectivity index (χ0v) is 15.5. The van der Waals surface area contributed by atoms with Crippen LogP contribution in [0.1, 0.15) is 18.4 Å². The molecular formula is C18H28O9. The summed E-state index contributed by atoms with van der Waals surface area (Å²) in [5, 5.41) is 48.4. The normalized spacial score (nSPS) is 24.5. The minimum atomic E-state index is -1.44. The first kappa shape index (κ1) is 21.7. The lowest BCUT2D eigenvalue weighted by Crippen LogP contribution is -2.59. The Morgan fingerprint density at radius 2 is 1.67 bits per heavy atom. The molecule has 27 heavy (non-hydrogen) atoms. The van der Waals surface area contributed by atoms with Gasteiger partial charge in [0.1, 0.15) is 11.7 Å². The van der Waals surface area contributed by atoms with Gasteiger partial charge >= 0.3 is 0 Å². The van der Waals surface area contributed by atoms with Gasteiger partial charge < -0.3 is 44.5 Å². The fourth-order valence-electron chi connectivity index (χ4n) is 2.99. The number of aliphatic hydroxyl groups excluding tert-OH is 5.